The molecule has 4 nitrogen and oxygen atoms in total. The van der Waals surface area contributed by atoms with Gasteiger partial charge in [0.25, 0.3) is 0 Å². The largest absolute Gasteiger partial charge is 0.449 e. The lowest BCUT2D eigenvalue weighted by Crippen LogP contribution is -2.28. The lowest BCUT2D eigenvalue weighted by molar-refractivity contribution is 0.360. The summed E-state index contributed by atoms with van der Waals surface area (Å²) in [5, 5.41) is 0. The van der Waals surface area contributed by atoms with Gasteiger partial charge in [0, 0.05) is 22.3 Å². The van der Waals surface area contributed by atoms with Gasteiger partial charge in [0.2, 0.25) is 0 Å². The van der Waals surface area contributed by atoms with E-state index in [0.717, 1.165) is 67.2 Å². The van der Waals surface area contributed by atoms with Gasteiger partial charge in [-0.1, -0.05) is 206 Å². The normalized spacial score (nSPS) is 12.8. The van der Waals surface area contributed by atoms with Crippen LogP contribution >= 0.6 is 0 Å². The van der Waals surface area contributed by atoms with Crippen molar-refractivity contribution in [3.8, 4) is 90.3 Å². The lowest BCUT2D eigenvalue weighted by Gasteiger charge is -2.34. The first kappa shape index (κ1) is 36.5. The summed E-state index contributed by atoms with van der Waals surface area (Å²) in [6.45, 7) is 0. The van der Waals surface area contributed by atoms with Crippen LogP contribution in [0.3, 0.4) is 0 Å². The summed E-state index contributed by atoms with van der Waals surface area (Å²) < 4.78 is 13.7. The molecule has 0 atom stereocenters. The Hall–Kier alpha value is -8.34. The van der Waals surface area contributed by atoms with Crippen molar-refractivity contribution >= 4 is 0 Å². The van der Waals surface area contributed by atoms with Crippen molar-refractivity contribution in [2.75, 3.05) is 0 Å². The number of aromatic nitrogens is 2. The Labute approximate surface area is 366 Å². The maximum absolute atomic E-state index is 7.01. The van der Waals surface area contributed by atoms with Crippen LogP contribution in [0.15, 0.2) is 231 Å². The predicted molar refractivity (Wildman–Crippen MR) is 253 cm³/mol. The average Bonchev–Trinajstić information content (AvgIpc) is 3.68. The summed E-state index contributed by atoms with van der Waals surface area (Å²) >= 11 is 0. The number of hydrogen-bond acceptors (Lipinski definition) is 4. The number of fused-ring (bicyclic) bond motifs is 6. The zero-order chi connectivity index (χ0) is 41.7. The van der Waals surface area contributed by atoms with Gasteiger partial charge in [-0.25, -0.2) is 9.97 Å². The average molecular weight is 807 g/mol. The lowest BCUT2D eigenvalue weighted by atomic mass is 9.68. The van der Waals surface area contributed by atoms with Gasteiger partial charge in [0.05, 0.1) is 16.8 Å². The van der Waals surface area contributed by atoms with E-state index in [-0.39, 0.29) is 0 Å². The van der Waals surface area contributed by atoms with E-state index < -0.39 is 5.41 Å². The molecular weight excluding hydrogens is 769 g/mol. The molecule has 1 aliphatic heterocycles. The van der Waals surface area contributed by atoms with Gasteiger partial charge in [-0.05, 0) is 74.3 Å². The van der Waals surface area contributed by atoms with E-state index >= 15 is 0 Å². The Balaban J connectivity index is 0.921. The fourth-order valence-corrected chi connectivity index (χ4v) is 9.60. The molecule has 296 valence electrons. The van der Waals surface area contributed by atoms with Gasteiger partial charge in [0.15, 0.2) is 28.8 Å². The van der Waals surface area contributed by atoms with E-state index in [0.29, 0.717) is 23.1 Å². The van der Waals surface area contributed by atoms with E-state index in [1.54, 1.807) is 0 Å². The minimum Gasteiger partial charge on any atom is -0.449 e. The van der Waals surface area contributed by atoms with Gasteiger partial charge < -0.3 is 9.47 Å². The smallest absolute Gasteiger partial charge is 0.178 e. The van der Waals surface area contributed by atoms with Crippen LogP contribution in [0, 0.1) is 0 Å². The number of ether oxygens (including phenoxy) is 2. The zero-order valence-electron chi connectivity index (χ0n) is 34.2. The third-order valence-corrected chi connectivity index (χ3v) is 12.5. The van der Waals surface area contributed by atoms with E-state index in [1.165, 1.54) is 22.3 Å². The standard InChI is InChI=1S/C59H38N2O2/c1-5-17-40(18-6-1)46-25-13-14-26-47(46)52-38-51(60-58(61-52)42-19-7-2-8-20-42)41-31-29-39(30-32-41)43-33-35-53-55(37-43)63-57-54(62-53)36-34-50-56(57)48-27-15-16-28-49(48)59(50,44-21-9-3-10-22-44)45-23-11-4-12-24-45/h1-38H. The Morgan fingerprint density at radius 2 is 0.857 bits per heavy atom. The van der Waals surface area contributed by atoms with Crippen LogP contribution in [0.5, 0.6) is 23.0 Å². The monoisotopic (exact) mass is 806 g/mol. The molecule has 0 unspecified atom stereocenters. The third-order valence-electron chi connectivity index (χ3n) is 12.5. The van der Waals surface area contributed by atoms with Crippen LogP contribution < -0.4 is 9.47 Å². The van der Waals surface area contributed by atoms with Crippen LogP contribution in [0.25, 0.3) is 67.3 Å². The quantitative estimate of drug-likeness (QED) is 0.161. The second-order valence-electron chi connectivity index (χ2n) is 16.0. The molecule has 0 radical (unpaired) electrons. The van der Waals surface area contributed by atoms with Crippen molar-refractivity contribution in [3.05, 3.63) is 253 Å². The van der Waals surface area contributed by atoms with E-state index in [4.69, 9.17) is 19.4 Å². The highest BCUT2D eigenvalue weighted by atomic mass is 16.6. The first-order chi connectivity index (χ1) is 31.2. The van der Waals surface area contributed by atoms with Gasteiger partial charge in [0.1, 0.15) is 0 Å². The highest BCUT2D eigenvalue weighted by molar-refractivity contribution is 5.92. The molecule has 10 aromatic rings. The molecule has 0 spiro atoms. The molecule has 0 amide bonds. The number of benzene rings is 9. The van der Waals surface area contributed by atoms with Crippen LogP contribution in [0.1, 0.15) is 22.3 Å². The van der Waals surface area contributed by atoms with Crippen molar-refractivity contribution < 1.29 is 9.47 Å². The van der Waals surface area contributed by atoms with Crippen molar-refractivity contribution in [1.29, 1.82) is 0 Å². The second kappa shape index (κ2) is 15.0. The summed E-state index contributed by atoms with van der Waals surface area (Å²) in [6, 6.07) is 80.6. The van der Waals surface area contributed by atoms with E-state index in [2.05, 4.69) is 200 Å². The molecule has 12 rings (SSSR count). The number of hydrogen-bond donors (Lipinski definition) is 0. The first-order valence-electron chi connectivity index (χ1n) is 21.3. The van der Waals surface area contributed by atoms with Crippen LogP contribution in [-0.2, 0) is 5.41 Å². The highest BCUT2D eigenvalue weighted by Gasteiger charge is 2.48. The summed E-state index contributed by atoms with van der Waals surface area (Å²) in [5.74, 6) is 3.48. The minimum atomic E-state index is -0.533. The zero-order valence-corrected chi connectivity index (χ0v) is 34.2. The minimum absolute atomic E-state index is 0.533. The number of rotatable bonds is 7. The van der Waals surface area contributed by atoms with Crippen molar-refractivity contribution in [2.24, 2.45) is 0 Å². The van der Waals surface area contributed by atoms with Gasteiger partial charge in [-0.15, -0.1) is 0 Å². The van der Waals surface area contributed by atoms with Crippen LogP contribution in [0.2, 0.25) is 0 Å². The molecule has 2 heterocycles. The molecule has 0 N–H and O–H groups in total. The topological polar surface area (TPSA) is 44.2 Å². The fraction of sp³-hybridized carbons (Fsp3) is 0.0169. The van der Waals surface area contributed by atoms with Gasteiger partial charge in [-0.2, -0.15) is 0 Å². The van der Waals surface area contributed by atoms with Crippen LogP contribution in [-0.4, -0.2) is 9.97 Å². The Morgan fingerprint density at radius 1 is 0.317 bits per heavy atom. The summed E-state index contributed by atoms with van der Waals surface area (Å²) in [4.78, 5) is 10.3. The van der Waals surface area contributed by atoms with Crippen LogP contribution in [0.4, 0.5) is 0 Å². The molecule has 0 bridgehead atoms. The molecule has 0 saturated carbocycles. The Kier molecular flexibility index (Phi) is 8.68. The molecular formula is C59H38N2O2. The summed E-state index contributed by atoms with van der Waals surface area (Å²) in [5.41, 5.74) is 15.5. The molecule has 63 heavy (non-hydrogen) atoms. The second-order valence-corrected chi connectivity index (χ2v) is 16.0. The Morgan fingerprint density at radius 3 is 1.56 bits per heavy atom. The molecule has 1 aliphatic carbocycles. The molecule has 1 aromatic heterocycles. The molecule has 4 heteroatoms. The SMILES string of the molecule is c1ccc(-c2nc(-c3ccc(-c4ccc5c(c4)Oc4c(ccc6c4-c4ccccc4C6(c4ccccc4)c4ccccc4)O5)cc3)cc(-c3ccccc3-c3ccccc3)n2)cc1. The third kappa shape index (κ3) is 6.07. The molecule has 9 aromatic carbocycles. The van der Waals surface area contributed by atoms with Crippen molar-refractivity contribution in [1.82, 2.24) is 9.97 Å². The van der Waals surface area contributed by atoms with Gasteiger partial charge >= 0.3 is 0 Å². The fourth-order valence-electron chi connectivity index (χ4n) is 9.60. The van der Waals surface area contributed by atoms with Crippen molar-refractivity contribution in [2.45, 2.75) is 5.41 Å². The highest BCUT2D eigenvalue weighted by Crippen LogP contribution is 2.62. The molecule has 2 aliphatic rings. The maximum Gasteiger partial charge on any atom is 0.178 e. The maximum atomic E-state index is 7.01. The first-order valence-corrected chi connectivity index (χ1v) is 21.3. The molecule has 0 saturated heterocycles. The summed E-state index contributed by atoms with van der Waals surface area (Å²) in [6.07, 6.45) is 0. The van der Waals surface area contributed by atoms with Crippen molar-refractivity contribution in [3.63, 3.8) is 0 Å². The summed E-state index contributed by atoms with van der Waals surface area (Å²) in [7, 11) is 0. The van der Waals surface area contributed by atoms with Gasteiger partial charge in [-0.3, -0.25) is 0 Å². The van der Waals surface area contributed by atoms with E-state index in [1.807, 2.05) is 30.3 Å². The van der Waals surface area contributed by atoms with E-state index in [9.17, 15) is 0 Å². The number of nitrogens with zero attached hydrogens (tertiary/aromatic N) is 2. The Bertz CT molecular complexity index is 3270. The molecule has 0 fully saturated rings. The predicted octanol–water partition coefficient (Wildman–Crippen LogP) is 15.1.